The van der Waals surface area contributed by atoms with E-state index in [1.165, 1.54) is 0 Å². The highest BCUT2D eigenvalue weighted by Gasteiger charge is 2.12. The highest BCUT2D eigenvalue weighted by molar-refractivity contribution is 5.76. The van der Waals surface area contributed by atoms with Crippen LogP contribution in [0.4, 0.5) is 0 Å². The van der Waals surface area contributed by atoms with Crippen LogP contribution in [0, 0.1) is 5.92 Å². The fraction of sp³-hybridized carbons (Fsp3) is 0.917. The highest BCUT2D eigenvalue weighted by atomic mass is 16.5. The maximum atomic E-state index is 11.6. The van der Waals surface area contributed by atoms with Gasteiger partial charge in [-0.25, -0.2) is 0 Å². The summed E-state index contributed by atoms with van der Waals surface area (Å²) in [5.41, 5.74) is 5.45. The van der Waals surface area contributed by atoms with Gasteiger partial charge in [0.05, 0.1) is 12.6 Å². The van der Waals surface area contributed by atoms with Crippen molar-refractivity contribution in [1.82, 2.24) is 5.32 Å². The van der Waals surface area contributed by atoms with E-state index >= 15 is 0 Å². The predicted molar refractivity (Wildman–Crippen MR) is 67.6 cm³/mol. The molecule has 2 unspecified atom stereocenters. The molecule has 0 heterocycles. The van der Waals surface area contributed by atoms with Gasteiger partial charge in [0.1, 0.15) is 0 Å². The van der Waals surface area contributed by atoms with Crippen LogP contribution in [0.5, 0.6) is 0 Å². The van der Waals surface area contributed by atoms with Crippen molar-refractivity contribution in [2.45, 2.75) is 38.6 Å². The summed E-state index contributed by atoms with van der Waals surface area (Å²) < 4.78 is 4.98. The average Bonchev–Trinajstić information content (AvgIpc) is 2.27. The van der Waals surface area contributed by atoms with Crippen LogP contribution in [-0.4, -0.2) is 43.9 Å². The van der Waals surface area contributed by atoms with Crippen LogP contribution >= 0.6 is 0 Å². The minimum absolute atomic E-state index is 0.0179. The molecule has 0 radical (unpaired) electrons. The first-order valence-corrected chi connectivity index (χ1v) is 6.23. The molecule has 17 heavy (non-hydrogen) atoms. The zero-order valence-electron chi connectivity index (χ0n) is 10.9. The third-order valence-corrected chi connectivity index (χ3v) is 2.73. The standard InChI is InChI=1S/C12H26N2O3/c1-10(5-7-13)3-4-12(16)14-11(6-8-15)9-17-2/h10-11,15H,3-9,13H2,1-2H3,(H,14,16). The number of hydrogen-bond donors (Lipinski definition) is 3. The first-order valence-electron chi connectivity index (χ1n) is 6.23. The van der Waals surface area contributed by atoms with Crippen molar-refractivity contribution in [1.29, 1.82) is 0 Å². The highest BCUT2D eigenvalue weighted by Crippen LogP contribution is 2.09. The number of aliphatic hydroxyl groups is 1. The lowest BCUT2D eigenvalue weighted by atomic mass is 10.0. The van der Waals surface area contributed by atoms with E-state index in [4.69, 9.17) is 15.6 Å². The summed E-state index contributed by atoms with van der Waals surface area (Å²) in [4.78, 5) is 11.6. The maximum absolute atomic E-state index is 11.6. The average molecular weight is 246 g/mol. The smallest absolute Gasteiger partial charge is 0.220 e. The zero-order chi connectivity index (χ0) is 13.1. The second-order valence-corrected chi connectivity index (χ2v) is 4.45. The number of ether oxygens (including phenoxy) is 1. The molecule has 0 aromatic carbocycles. The number of methoxy groups -OCH3 is 1. The molecule has 5 heteroatoms. The van der Waals surface area contributed by atoms with Gasteiger partial charge in [-0.15, -0.1) is 0 Å². The first kappa shape index (κ1) is 16.4. The van der Waals surface area contributed by atoms with Crippen LogP contribution in [0.2, 0.25) is 0 Å². The number of nitrogens with two attached hydrogens (primary N) is 1. The molecule has 1 amide bonds. The molecule has 0 aliphatic heterocycles. The number of nitrogens with one attached hydrogen (secondary N) is 1. The number of carbonyl (C=O) groups is 1. The lowest BCUT2D eigenvalue weighted by Crippen LogP contribution is -2.38. The van der Waals surface area contributed by atoms with Crippen molar-refractivity contribution in [3.8, 4) is 0 Å². The van der Waals surface area contributed by atoms with Gasteiger partial charge in [-0.2, -0.15) is 0 Å². The van der Waals surface area contributed by atoms with Gasteiger partial charge < -0.3 is 20.9 Å². The van der Waals surface area contributed by atoms with E-state index in [0.29, 0.717) is 31.9 Å². The Bertz CT molecular complexity index is 194. The fourth-order valence-electron chi connectivity index (χ4n) is 1.66. The van der Waals surface area contributed by atoms with Gasteiger partial charge in [0.15, 0.2) is 0 Å². The van der Waals surface area contributed by atoms with E-state index in [1.54, 1.807) is 7.11 Å². The number of aliphatic hydroxyl groups excluding tert-OH is 1. The molecule has 0 saturated carbocycles. The second-order valence-electron chi connectivity index (χ2n) is 4.45. The number of carbonyl (C=O) groups excluding carboxylic acids is 1. The molecule has 0 aliphatic rings. The third kappa shape index (κ3) is 9.09. The van der Waals surface area contributed by atoms with Crippen LogP contribution in [0.3, 0.4) is 0 Å². The molecule has 0 fully saturated rings. The van der Waals surface area contributed by atoms with Crippen molar-refractivity contribution in [2.75, 3.05) is 26.9 Å². The summed E-state index contributed by atoms with van der Waals surface area (Å²) in [6.45, 7) is 3.25. The van der Waals surface area contributed by atoms with E-state index in [9.17, 15) is 4.79 Å². The van der Waals surface area contributed by atoms with Gasteiger partial charge >= 0.3 is 0 Å². The molecule has 0 rings (SSSR count). The number of amides is 1. The third-order valence-electron chi connectivity index (χ3n) is 2.73. The van der Waals surface area contributed by atoms with E-state index in [2.05, 4.69) is 12.2 Å². The van der Waals surface area contributed by atoms with Crippen molar-refractivity contribution in [2.24, 2.45) is 11.7 Å². The molecule has 0 aromatic heterocycles. The van der Waals surface area contributed by atoms with E-state index < -0.39 is 0 Å². The number of rotatable bonds is 10. The second kappa shape index (κ2) is 10.5. The molecule has 102 valence electrons. The quantitative estimate of drug-likeness (QED) is 0.516. The molecular weight excluding hydrogens is 220 g/mol. The van der Waals surface area contributed by atoms with Crippen molar-refractivity contribution < 1.29 is 14.6 Å². The van der Waals surface area contributed by atoms with E-state index in [1.807, 2.05) is 0 Å². The molecular formula is C12H26N2O3. The normalized spacial score (nSPS) is 14.4. The SMILES string of the molecule is COCC(CCO)NC(=O)CCC(C)CCN. The molecule has 0 bridgehead atoms. The Balaban J connectivity index is 3.80. The Morgan fingerprint density at radius 1 is 1.41 bits per heavy atom. The van der Waals surface area contributed by atoms with Crippen LogP contribution in [0.25, 0.3) is 0 Å². The summed E-state index contributed by atoms with van der Waals surface area (Å²) in [6.07, 6.45) is 2.83. The van der Waals surface area contributed by atoms with Crippen molar-refractivity contribution >= 4 is 5.91 Å². The van der Waals surface area contributed by atoms with Crippen LogP contribution in [0.15, 0.2) is 0 Å². The van der Waals surface area contributed by atoms with Gasteiger partial charge in [-0.05, 0) is 31.7 Å². The molecule has 4 N–H and O–H groups in total. The molecule has 0 saturated heterocycles. The monoisotopic (exact) mass is 246 g/mol. The Hall–Kier alpha value is -0.650. The lowest BCUT2D eigenvalue weighted by molar-refractivity contribution is -0.122. The van der Waals surface area contributed by atoms with Crippen molar-refractivity contribution in [3.05, 3.63) is 0 Å². The van der Waals surface area contributed by atoms with Crippen LogP contribution < -0.4 is 11.1 Å². The molecule has 0 spiro atoms. The van der Waals surface area contributed by atoms with Crippen LogP contribution in [-0.2, 0) is 9.53 Å². The zero-order valence-corrected chi connectivity index (χ0v) is 10.9. The summed E-state index contributed by atoms with van der Waals surface area (Å²) in [7, 11) is 1.58. The van der Waals surface area contributed by atoms with Gasteiger partial charge in [0.2, 0.25) is 5.91 Å². The first-order chi connectivity index (χ1) is 8.13. The van der Waals surface area contributed by atoms with Gasteiger partial charge in [-0.3, -0.25) is 4.79 Å². The minimum atomic E-state index is -0.0951. The Morgan fingerprint density at radius 3 is 2.65 bits per heavy atom. The summed E-state index contributed by atoms with van der Waals surface area (Å²) in [6, 6.07) is -0.0951. The summed E-state index contributed by atoms with van der Waals surface area (Å²) in [5.74, 6) is 0.494. The van der Waals surface area contributed by atoms with E-state index in [-0.39, 0.29) is 18.6 Å². The molecule has 0 aromatic rings. The van der Waals surface area contributed by atoms with Gasteiger partial charge in [-0.1, -0.05) is 6.92 Å². The number of hydrogen-bond acceptors (Lipinski definition) is 4. The lowest BCUT2D eigenvalue weighted by Gasteiger charge is -2.17. The van der Waals surface area contributed by atoms with Crippen LogP contribution in [0.1, 0.15) is 32.6 Å². The predicted octanol–water partition coefficient (Wildman–Crippen LogP) is 0.265. The fourth-order valence-corrected chi connectivity index (χ4v) is 1.66. The molecule has 5 nitrogen and oxygen atoms in total. The Labute approximate surface area is 104 Å². The van der Waals surface area contributed by atoms with Gasteiger partial charge in [0, 0.05) is 20.1 Å². The Kier molecular flexibility index (Phi) is 10.1. The van der Waals surface area contributed by atoms with Gasteiger partial charge in [0.25, 0.3) is 0 Å². The Morgan fingerprint density at radius 2 is 2.12 bits per heavy atom. The molecule has 2 atom stereocenters. The topological polar surface area (TPSA) is 84.6 Å². The summed E-state index contributed by atoms with van der Waals surface area (Å²) in [5, 5.41) is 11.7. The largest absolute Gasteiger partial charge is 0.396 e. The van der Waals surface area contributed by atoms with E-state index in [0.717, 1.165) is 12.8 Å². The van der Waals surface area contributed by atoms with Crippen molar-refractivity contribution in [3.63, 3.8) is 0 Å². The molecule has 0 aliphatic carbocycles. The maximum Gasteiger partial charge on any atom is 0.220 e. The minimum Gasteiger partial charge on any atom is -0.396 e. The summed E-state index contributed by atoms with van der Waals surface area (Å²) >= 11 is 0.